The summed E-state index contributed by atoms with van der Waals surface area (Å²) in [6.45, 7) is 0.484. The highest BCUT2D eigenvalue weighted by Gasteiger charge is 2.21. The number of hydrogen-bond acceptors (Lipinski definition) is 3. The van der Waals surface area contributed by atoms with Crippen LogP contribution in [-0.4, -0.2) is 19.0 Å². The molecule has 1 aliphatic rings. The lowest BCUT2D eigenvalue weighted by molar-refractivity contribution is -0.141. The van der Waals surface area contributed by atoms with Gasteiger partial charge in [0.1, 0.15) is 0 Å². The van der Waals surface area contributed by atoms with Crippen LogP contribution in [0.5, 0.6) is 0 Å². The molecule has 0 spiro atoms. The van der Waals surface area contributed by atoms with Crippen molar-refractivity contribution < 1.29 is 14.3 Å². The fourth-order valence-electron chi connectivity index (χ4n) is 2.82. The predicted octanol–water partition coefficient (Wildman–Crippen LogP) is 3.66. The van der Waals surface area contributed by atoms with Crippen LogP contribution in [-0.2, 0) is 20.9 Å². The number of anilines is 1. The van der Waals surface area contributed by atoms with Crippen LogP contribution < -0.4 is 4.90 Å². The van der Waals surface area contributed by atoms with Crippen molar-refractivity contribution in [2.24, 2.45) is 0 Å². The lowest BCUT2D eigenvalue weighted by Crippen LogP contribution is -2.32. The van der Waals surface area contributed by atoms with E-state index in [-0.39, 0.29) is 24.7 Å². The van der Waals surface area contributed by atoms with Gasteiger partial charge in [0.15, 0.2) is 0 Å². The number of amides is 1. The van der Waals surface area contributed by atoms with Crippen LogP contribution in [0.3, 0.4) is 0 Å². The van der Waals surface area contributed by atoms with Crippen molar-refractivity contribution in [2.75, 3.05) is 12.0 Å². The van der Waals surface area contributed by atoms with Crippen LogP contribution in [0.2, 0.25) is 0 Å². The largest absolute Gasteiger partial charge is 0.469 e. The Morgan fingerprint density at radius 1 is 0.958 bits per heavy atom. The summed E-state index contributed by atoms with van der Waals surface area (Å²) in [7, 11) is 1.33. The highest BCUT2D eigenvalue weighted by atomic mass is 16.5. The maximum absolute atomic E-state index is 12.8. The molecule has 2 aromatic rings. The molecule has 24 heavy (non-hydrogen) atoms. The average molecular weight is 321 g/mol. The maximum Gasteiger partial charge on any atom is 0.306 e. The fourth-order valence-corrected chi connectivity index (χ4v) is 2.82. The second kappa shape index (κ2) is 7.13. The summed E-state index contributed by atoms with van der Waals surface area (Å²) in [5, 5.41) is 0. The zero-order valence-corrected chi connectivity index (χ0v) is 13.6. The zero-order valence-electron chi connectivity index (χ0n) is 13.6. The molecule has 0 radical (unpaired) electrons. The van der Waals surface area contributed by atoms with Crippen LogP contribution >= 0.6 is 0 Å². The monoisotopic (exact) mass is 321 g/mol. The van der Waals surface area contributed by atoms with Gasteiger partial charge in [-0.1, -0.05) is 54.6 Å². The number of carbonyl (C=O) groups excluding carboxylic acids is 2. The van der Waals surface area contributed by atoms with E-state index in [1.54, 1.807) is 4.90 Å². The van der Waals surface area contributed by atoms with Gasteiger partial charge in [-0.3, -0.25) is 9.59 Å². The summed E-state index contributed by atoms with van der Waals surface area (Å²) < 4.78 is 4.64. The molecule has 0 unspecified atom stereocenters. The molecular weight excluding hydrogens is 302 g/mol. The van der Waals surface area contributed by atoms with Gasteiger partial charge in [-0.15, -0.1) is 0 Å². The molecule has 0 fully saturated rings. The number of benzene rings is 2. The summed E-state index contributed by atoms with van der Waals surface area (Å²) in [6.07, 6.45) is 4.32. The number of methoxy groups -OCH3 is 1. The third-order valence-corrected chi connectivity index (χ3v) is 4.13. The van der Waals surface area contributed by atoms with Gasteiger partial charge in [-0.25, -0.2) is 0 Å². The van der Waals surface area contributed by atoms with Crippen LogP contribution in [0.25, 0.3) is 12.2 Å². The van der Waals surface area contributed by atoms with E-state index < -0.39 is 0 Å². The number of nitrogens with zero attached hydrogens (tertiary/aromatic N) is 1. The Morgan fingerprint density at radius 2 is 1.62 bits per heavy atom. The summed E-state index contributed by atoms with van der Waals surface area (Å²) in [6, 6.07) is 15.8. The smallest absolute Gasteiger partial charge is 0.306 e. The second-order valence-electron chi connectivity index (χ2n) is 5.65. The molecule has 122 valence electrons. The molecule has 1 amide bonds. The first kappa shape index (κ1) is 16.0. The number of ether oxygens (including phenoxy) is 1. The van der Waals surface area contributed by atoms with E-state index in [1.165, 1.54) is 7.11 Å². The van der Waals surface area contributed by atoms with E-state index in [1.807, 2.05) is 54.6 Å². The first-order chi connectivity index (χ1) is 11.7. The molecule has 0 aromatic heterocycles. The van der Waals surface area contributed by atoms with Crippen molar-refractivity contribution >= 4 is 29.7 Å². The van der Waals surface area contributed by atoms with Gasteiger partial charge in [-0.05, 0) is 22.8 Å². The van der Waals surface area contributed by atoms with E-state index in [4.69, 9.17) is 0 Å². The van der Waals surface area contributed by atoms with Crippen molar-refractivity contribution in [3.63, 3.8) is 0 Å². The minimum Gasteiger partial charge on any atom is -0.469 e. The standard InChI is InChI=1S/C20H19NO3/c1-24-20(23)13-12-19(22)21-14-17-8-3-2-6-15(17)10-11-16-7-4-5-9-18(16)21/h2-11H,12-14H2,1H3/b11-10-. The van der Waals surface area contributed by atoms with Crippen LogP contribution in [0.1, 0.15) is 29.5 Å². The number of rotatable bonds is 3. The van der Waals surface area contributed by atoms with Gasteiger partial charge < -0.3 is 9.64 Å². The summed E-state index contributed by atoms with van der Waals surface area (Å²) in [5.41, 5.74) is 4.02. The third-order valence-electron chi connectivity index (χ3n) is 4.13. The van der Waals surface area contributed by atoms with Gasteiger partial charge in [0.25, 0.3) is 0 Å². The van der Waals surface area contributed by atoms with Crippen molar-refractivity contribution in [2.45, 2.75) is 19.4 Å². The lowest BCUT2D eigenvalue weighted by atomic mass is 10.0. The molecule has 0 saturated heterocycles. The number of para-hydroxylation sites is 1. The number of carbonyl (C=O) groups is 2. The van der Waals surface area contributed by atoms with Crippen LogP contribution in [0.15, 0.2) is 48.5 Å². The summed E-state index contributed by atoms with van der Waals surface area (Å²) in [4.78, 5) is 25.9. The summed E-state index contributed by atoms with van der Waals surface area (Å²) in [5.74, 6) is -0.457. The first-order valence-corrected chi connectivity index (χ1v) is 7.91. The molecule has 3 rings (SSSR count). The SMILES string of the molecule is COC(=O)CCC(=O)N1Cc2ccccc2/C=C\c2ccccc21. The van der Waals surface area contributed by atoms with Crippen molar-refractivity contribution in [3.8, 4) is 0 Å². The average Bonchev–Trinajstić information content (AvgIpc) is 2.61. The number of fused-ring (bicyclic) bond motifs is 2. The Hall–Kier alpha value is -2.88. The van der Waals surface area contributed by atoms with E-state index in [0.29, 0.717) is 6.54 Å². The molecule has 0 atom stereocenters. The maximum atomic E-state index is 12.8. The molecule has 0 N–H and O–H groups in total. The predicted molar refractivity (Wildman–Crippen MR) is 94.3 cm³/mol. The van der Waals surface area contributed by atoms with Crippen molar-refractivity contribution in [1.82, 2.24) is 0 Å². The second-order valence-corrected chi connectivity index (χ2v) is 5.65. The first-order valence-electron chi connectivity index (χ1n) is 7.91. The fraction of sp³-hybridized carbons (Fsp3) is 0.200. The minimum atomic E-state index is -0.371. The Bertz CT molecular complexity index is 795. The number of hydrogen-bond donors (Lipinski definition) is 0. The van der Waals surface area contributed by atoms with Gasteiger partial charge in [0.2, 0.25) is 5.91 Å². The quantitative estimate of drug-likeness (QED) is 0.811. The Morgan fingerprint density at radius 3 is 2.42 bits per heavy atom. The molecular formula is C20H19NO3. The van der Waals surface area contributed by atoms with Crippen LogP contribution in [0.4, 0.5) is 5.69 Å². The Balaban J connectivity index is 1.96. The third kappa shape index (κ3) is 3.38. The highest BCUT2D eigenvalue weighted by molar-refractivity contribution is 5.98. The van der Waals surface area contributed by atoms with Crippen LogP contribution in [0, 0.1) is 0 Å². The Labute approximate surface area is 141 Å². The topological polar surface area (TPSA) is 46.6 Å². The number of esters is 1. The highest BCUT2D eigenvalue weighted by Crippen LogP contribution is 2.29. The zero-order chi connectivity index (χ0) is 16.9. The molecule has 0 aliphatic carbocycles. The van der Waals surface area contributed by atoms with Crippen molar-refractivity contribution in [1.29, 1.82) is 0 Å². The van der Waals surface area contributed by atoms with Gasteiger partial charge >= 0.3 is 5.97 Å². The van der Waals surface area contributed by atoms with E-state index >= 15 is 0 Å². The molecule has 1 aliphatic heterocycles. The van der Waals surface area contributed by atoms with E-state index in [9.17, 15) is 9.59 Å². The van der Waals surface area contributed by atoms with Crippen molar-refractivity contribution in [3.05, 3.63) is 65.2 Å². The van der Waals surface area contributed by atoms with E-state index in [2.05, 4.69) is 10.8 Å². The molecule has 2 aromatic carbocycles. The normalized spacial score (nSPS) is 14.0. The Kier molecular flexibility index (Phi) is 4.75. The molecule has 4 heteroatoms. The molecule has 0 bridgehead atoms. The molecule has 4 nitrogen and oxygen atoms in total. The molecule has 1 heterocycles. The summed E-state index contributed by atoms with van der Waals surface area (Å²) >= 11 is 0. The minimum absolute atomic E-state index is 0.0852. The van der Waals surface area contributed by atoms with Gasteiger partial charge in [0, 0.05) is 6.42 Å². The van der Waals surface area contributed by atoms with E-state index in [0.717, 1.165) is 22.4 Å². The lowest BCUT2D eigenvalue weighted by Gasteiger charge is -2.27. The van der Waals surface area contributed by atoms with Gasteiger partial charge in [-0.2, -0.15) is 0 Å². The molecule has 0 saturated carbocycles. The van der Waals surface area contributed by atoms with Gasteiger partial charge in [0.05, 0.1) is 25.8 Å².